The van der Waals surface area contributed by atoms with Crippen LogP contribution in [0.1, 0.15) is 5.56 Å². The Bertz CT molecular complexity index is 153. The molecule has 0 fully saturated rings. The Morgan fingerprint density at radius 3 is 1.90 bits per heavy atom. The summed E-state index contributed by atoms with van der Waals surface area (Å²) >= 11 is 4.93. The van der Waals surface area contributed by atoms with Crippen molar-refractivity contribution in [1.29, 1.82) is 0 Å². The van der Waals surface area contributed by atoms with Crippen LogP contribution < -0.4 is 0 Å². The molecule has 1 radical (unpaired) electrons. The fraction of sp³-hybridized carbons (Fsp3) is 0.143. The van der Waals surface area contributed by atoms with E-state index in [4.69, 9.17) is 0 Å². The van der Waals surface area contributed by atoms with Crippen molar-refractivity contribution in [3.8, 4) is 0 Å². The molecule has 0 bridgehead atoms. The third-order valence-electron chi connectivity index (χ3n) is 0.885. The van der Waals surface area contributed by atoms with Crippen molar-refractivity contribution >= 4 is 39.5 Å². The van der Waals surface area contributed by atoms with Crippen LogP contribution in [0.3, 0.4) is 0 Å². The second-order valence-corrected chi connectivity index (χ2v) is 25.2. The normalized spacial score (nSPS) is 7.10. The molecule has 0 aliphatic rings. The Labute approximate surface area is 91.1 Å². The van der Waals surface area contributed by atoms with Crippen LogP contribution in [-0.4, -0.2) is 0 Å². The van der Waals surface area contributed by atoms with Gasteiger partial charge in [0.05, 0.1) is 0 Å². The zero-order valence-electron chi connectivity index (χ0n) is 5.77. The van der Waals surface area contributed by atoms with Gasteiger partial charge in [-0.25, -0.2) is 0 Å². The van der Waals surface area contributed by atoms with E-state index in [0.717, 1.165) is 0 Å². The topological polar surface area (TPSA) is 0 Å². The molecule has 0 spiro atoms. The number of aryl methyl sites for hydroxylation is 1. The van der Waals surface area contributed by atoms with E-state index in [1.165, 1.54) is 5.56 Å². The van der Waals surface area contributed by atoms with Crippen LogP contribution in [0.25, 0.3) is 0 Å². The van der Waals surface area contributed by atoms with Gasteiger partial charge in [0, 0.05) is 0 Å². The van der Waals surface area contributed by atoms with Gasteiger partial charge in [-0.1, -0.05) is 29.8 Å². The average Bonchev–Trinajstić information content (AvgIpc) is 1.91. The van der Waals surface area contributed by atoms with Crippen LogP contribution in [0.2, 0.25) is 0 Å². The number of hydrogen-bond donors (Lipinski definition) is 0. The van der Waals surface area contributed by atoms with Crippen LogP contribution in [0.5, 0.6) is 0 Å². The molecule has 0 nitrogen and oxygen atoms in total. The van der Waals surface area contributed by atoms with E-state index in [1.807, 2.05) is 24.3 Å². The van der Waals surface area contributed by atoms with Crippen molar-refractivity contribution in [2.75, 3.05) is 0 Å². The Kier molecular flexibility index (Phi) is 9.50. The summed E-state index contributed by atoms with van der Waals surface area (Å²) in [6.45, 7) is 2.06. The summed E-state index contributed by atoms with van der Waals surface area (Å²) in [5, 5.41) is 0. The minimum atomic E-state index is 0.0650. The van der Waals surface area contributed by atoms with Gasteiger partial charge in [-0.3, -0.25) is 0 Å². The first-order valence-electron chi connectivity index (χ1n) is 2.86. The van der Waals surface area contributed by atoms with Crippen molar-refractivity contribution in [2.45, 2.75) is 6.92 Å². The summed E-state index contributed by atoms with van der Waals surface area (Å²) in [6.07, 6.45) is 0. The van der Waals surface area contributed by atoms with Gasteiger partial charge >= 0.3 is 49.6 Å². The van der Waals surface area contributed by atoms with Crippen LogP contribution in [0, 0.1) is 13.0 Å². The van der Waals surface area contributed by atoms with Crippen LogP contribution in [0.15, 0.2) is 24.3 Å². The first-order chi connectivity index (χ1) is 4.81. The van der Waals surface area contributed by atoms with Gasteiger partial charge < -0.3 is 0 Å². The molecular weight excluding hydrogens is 403 g/mol. The molecule has 1 aromatic rings. The third-order valence-corrected chi connectivity index (χ3v) is 0.885. The standard InChI is InChI=1S/C7H7.2HI.Zn/c1-7-5-3-2-4-6-7;;;/h3-6H,1H3;2*1H;/q;;;+2/p-2. The molecule has 0 amide bonds. The van der Waals surface area contributed by atoms with Gasteiger partial charge in [0.25, 0.3) is 0 Å². The number of halogens is 2. The third kappa shape index (κ3) is 7.41. The summed E-state index contributed by atoms with van der Waals surface area (Å²) in [5.41, 5.74) is 1.29. The maximum atomic E-state index is 2.93. The van der Waals surface area contributed by atoms with Crippen molar-refractivity contribution in [3.05, 3.63) is 35.9 Å². The fourth-order valence-electron chi connectivity index (χ4n) is 0.470. The van der Waals surface area contributed by atoms with Gasteiger partial charge in [-0.2, -0.15) is 0 Å². The molecule has 0 atom stereocenters. The minimum absolute atomic E-state index is 0.0650. The molecule has 0 heterocycles. The van der Waals surface area contributed by atoms with E-state index in [1.54, 1.807) is 0 Å². The summed E-state index contributed by atoms with van der Waals surface area (Å²) in [7, 11) is 0.0650. The van der Waals surface area contributed by atoms with E-state index >= 15 is 0 Å². The second kappa shape index (κ2) is 8.40. The molecule has 0 N–H and O–H groups in total. The molecule has 0 saturated heterocycles. The Morgan fingerprint density at radius 1 is 1.30 bits per heavy atom. The van der Waals surface area contributed by atoms with Crippen molar-refractivity contribution in [2.24, 2.45) is 0 Å². The van der Waals surface area contributed by atoms with Crippen molar-refractivity contribution < 1.29 is 10.1 Å². The molecule has 1 rings (SSSR count). The monoisotopic (exact) mass is 409 g/mol. The molecule has 51 valence electrons. The summed E-state index contributed by atoms with van der Waals surface area (Å²) in [6, 6.07) is 10.8. The molecule has 3 heteroatoms. The predicted octanol–water partition coefficient (Wildman–Crippen LogP) is 3.56. The summed E-state index contributed by atoms with van der Waals surface area (Å²) in [5.74, 6) is 0. The molecule has 0 aromatic heterocycles. The molecule has 0 unspecified atom stereocenters. The van der Waals surface area contributed by atoms with E-state index in [-0.39, 0.29) is 10.1 Å². The zero-order valence-corrected chi connectivity index (χ0v) is 13.1. The first-order valence-corrected chi connectivity index (χ1v) is 21.0. The second-order valence-electron chi connectivity index (χ2n) is 1.68. The van der Waals surface area contributed by atoms with Gasteiger partial charge in [0.2, 0.25) is 0 Å². The molecule has 0 aliphatic carbocycles. The van der Waals surface area contributed by atoms with Crippen LogP contribution in [-0.2, 0) is 10.1 Å². The van der Waals surface area contributed by atoms with E-state index in [0.29, 0.717) is 0 Å². The fourth-order valence-corrected chi connectivity index (χ4v) is 0.470. The molecule has 0 aliphatic heterocycles. The van der Waals surface area contributed by atoms with Gasteiger partial charge in [-0.15, -0.1) is 0 Å². The Morgan fingerprint density at radius 2 is 1.70 bits per heavy atom. The number of benzene rings is 1. The average molecular weight is 410 g/mol. The number of rotatable bonds is 0. The SMILES string of the molecule is Cc1cc[c]cc1.[I][Zn][I]. The molecule has 1 aromatic carbocycles. The summed E-state index contributed by atoms with van der Waals surface area (Å²) in [4.78, 5) is 0. The maximum absolute atomic E-state index is 2.93. The van der Waals surface area contributed by atoms with Crippen LogP contribution >= 0.6 is 39.5 Å². The van der Waals surface area contributed by atoms with Crippen LogP contribution in [0.4, 0.5) is 0 Å². The van der Waals surface area contributed by atoms with Gasteiger partial charge in [-0.05, 0) is 13.0 Å². The van der Waals surface area contributed by atoms with E-state index < -0.39 is 0 Å². The summed E-state index contributed by atoms with van der Waals surface area (Å²) < 4.78 is 0. The quantitative estimate of drug-likeness (QED) is 0.453. The van der Waals surface area contributed by atoms with Gasteiger partial charge in [0.1, 0.15) is 0 Å². The first kappa shape index (κ1) is 11.3. The number of hydrogen-bond acceptors (Lipinski definition) is 0. The Hall–Kier alpha value is 1.30. The zero-order chi connectivity index (χ0) is 7.82. The van der Waals surface area contributed by atoms with E-state index in [9.17, 15) is 0 Å². The van der Waals surface area contributed by atoms with E-state index in [2.05, 4.69) is 52.5 Å². The molecular formula is C7H7I2Zn. The Balaban J connectivity index is 0.000000236. The van der Waals surface area contributed by atoms with Gasteiger partial charge in [0.15, 0.2) is 0 Å². The van der Waals surface area contributed by atoms with Crippen molar-refractivity contribution in [3.63, 3.8) is 0 Å². The predicted molar refractivity (Wildman–Crippen MR) is 58.1 cm³/mol. The molecule has 0 saturated carbocycles. The molecule has 10 heavy (non-hydrogen) atoms. The van der Waals surface area contributed by atoms with Crippen molar-refractivity contribution in [1.82, 2.24) is 0 Å².